The van der Waals surface area contributed by atoms with Crippen LogP contribution in [-0.4, -0.2) is 24.3 Å². The summed E-state index contributed by atoms with van der Waals surface area (Å²) in [7, 11) is 0. The Morgan fingerprint density at radius 3 is 1.95 bits per heavy atom. The molecule has 0 saturated carbocycles. The van der Waals surface area contributed by atoms with E-state index in [0.717, 1.165) is 38.5 Å². The van der Waals surface area contributed by atoms with Crippen LogP contribution in [0.25, 0.3) is 0 Å². The van der Waals surface area contributed by atoms with Crippen LogP contribution in [0.4, 0.5) is 0 Å². The molecule has 0 aromatic rings. The molecule has 0 aliphatic rings. The molecule has 0 fully saturated rings. The zero-order chi connectivity index (χ0) is 16.5. The third kappa shape index (κ3) is 18.3. The minimum atomic E-state index is -0.501. The van der Waals surface area contributed by atoms with E-state index < -0.39 is 12.1 Å². The summed E-state index contributed by atoms with van der Waals surface area (Å²) in [5, 5.41) is 2.66. The molecule has 0 rings (SSSR count). The van der Waals surface area contributed by atoms with Crippen molar-refractivity contribution in [1.82, 2.24) is 5.32 Å². The second kappa shape index (κ2) is 21.3. The van der Waals surface area contributed by atoms with E-state index in [4.69, 9.17) is 5.73 Å². The monoisotopic (exact) mass is 437 g/mol. The van der Waals surface area contributed by atoms with Gasteiger partial charge in [-0.05, 0) is 6.42 Å². The molecule has 0 aliphatic heterocycles. The van der Waals surface area contributed by atoms with Gasteiger partial charge in [-0.15, -0.1) is 0 Å². The molecule has 0 aromatic carbocycles. The van der Waals surface area contributed by atoms with Crippen molar-refractivity contribution in [2.75, 3.05) is 0 Å². The van der Waals surface area contributed by atoms with E-state index in [2.05, 4.69) is 19.2 Å². The van der Waals surface area contributed by atoms with E-state index >= 15 is 0 Å². The Hall–Kier alpha value is 0.295. The Labute approximate surface area is 165 Å². The number of hydrogen-bond acceptors (Lipinski definition) is 3. The molecule has 2 atom stereocenters. The van der Waals surface area contributed by atoms with E-state index in [9.17, 15) is 9.59 Å². The Balaban J connectivity index is -0.000000827. The van der Waals surface area contributed by atoms with Gasteiger partial charge in [0.25, 0.3) is 0 Å². The van der Waals surface area contributed by atoms with E-state index in [1.807, 2.05) is 26.6 Å². The van der Waals surface area contributed by atoms with E-state index in [1.165, 1.54) is 0 Å². The van der Waals surface area contributed by atoms with Crippen molar-refractivity contribution in [2.45, 2.75) is 91.1 Å². The predicted molar refractivity (Wildman–Crippen MR) is 89.5 cm³/mol. The first-order valence-electron chi connectivity index (χ1n) is 8.24. The zero-order valence-electron chi connectivity index (χ0n) is 14.9. The fourth-order valence-corrected chi connectivity index (χ4v) is 1.78. The molecule has 0 aromatic heterocycles. The maximum atomic E-state index is 11.7. The van der Waals surface area contributed by atoms with Crippen molar-refractivity contribution in [1.29, 1.82) is 0 Å². The van der Waals surface area contributed by atoms with Gasteiger partial charge in [-0.1, -0.05) is 64.8 Å². The van der Waals surface area contributed by atoms with Gasteiger partial charge in [0, 0.05) is 35.6 Å². The van der Waals surface area contributed by atoms with Crippen LogP contribution in [0.15, 0.2) is 0 Å². The van der Waals surface area contributed by atoms with Crippen LogP contribution in [0, 0.1) is 42.0 Å². The van der Waals surface area contributed by atoms with Crippen LogP contribution < -0.4 is 11.1 Å². The first-order chi connectivity index (χ1) is 10.1. The number of hydrogen-bond donors (Lipinski definition) is 2. The fourth-order valence-electron chi connectivity index (χ4n) is 1.78. The van der Waals surface area contributed by atoms with Crippen molar-refractivity contribution in [2.24, 2.45) is 5.73 Å². The first-order valence-corrected chi connectivity index (χ1v) is 8.24. The third-order valence-electron chi connectivity index (χ3n) is 3.01. The van der Waals surface area contributed by atoms with E-state index in [0.29, 0.717) is 12.8 Å². The molecular weight excluding hydrogens is 403 g/mol. The molecular formula is C17H34LaN2O2-2. The van der Waals surface area contributed by atoms with Crippen molar-refractivity contribution >= 4 is 12.2 Å². The molecule has 0 bridgehead atoms. The van der Waals surface area contributed by atoms with Gasteiger partial charge in [0.15, 0.2) is 0 Å². The summed E-state index contributed by atoms with van der Waals surface area (Å²) in [5.74, 6) is -0.226. The van der Waals surface area contributed by atoms with Crippen LogP contribution in [0.3, 0.4) is 0 Å². The molecule has 1 radical (unpaired) electrons. The summed E-state index contributed by atoms with van der Waals surface area (Å²) in [6.45, 7) is 8.21. The van der Waals surface area contributed by atoms with Crippen molar-refractivity contribution in [3.05, 3.63) is 6.42 Å². The average molecular weight is 437 g/mol. The molecule has 0 saturated heterocycles. The van der Waals surface area contributed by atoms with Gasteiger partial charge in [-0.25, -0.2) is 6.29 Å². The summed E-state index contributed by atoms with van der Waals surface area (Å²) in [4.78, 5) is 22.5. The van der Waals surface area contributed by atoms with E-state index in [-0.39, 0.29) is 41.5 Å². The summed E-state index contributed by atoms with van der Waals surface area (Å²) in [6, 6.07) is -1.00. The summed E-state index contributed by atoms with van der Waals surface area (Å²) in [6.07, 6.45) is 11.5. The first kappa shape index (κ1) is 27.2. The maximum absolute atomic E-state index is 11.7. The molecule has 3 N–H and O–H groups in total. The second-order valence-corrected chi connectivity index (χ2v) is 5.35. The molecule has 22 heavy (non-hydrogen) atoms. The molecule has 2 unspecified atom stereocenters. The minimum absolute atomic E-state index is 0. The number of nitrogens with two attached hydrogens (primary N) is 1. The second-order valence-electron chi connectivity index (χ2n) is 5.35. The third-order valence-corrected chi connectivity index (χ3v) is 3.01. The Kier molecular flexibility index (Phi) is 26.3. The average Bonchev–Trinajstić information content (AvgIpc) is 2.47. The van der Waals surface area contributed by atoms with Crippen LogP contribution in [-0.2, 0) is 9.59 Å². The fraction of sp³-hybridized carbons (Fsp3) is 0.824. The smallest absolute Gasteiger partial charge is 0.234 e. The van der Waals surface area contributed by atoms with Gasteiger partial charge in [-0.2, -0.15) is 13.8 Å². The molecule has 4 nitrogen and oxygen atoms in total. The van der Waals surface area contributed by atoms with Gasteiger partial charge in [-0.3, -0.25) is 4.79 Å². The Bertz CT molecular complexity index is 251. The standard InChI is InChI=1S/C14H27N2O2.C3H7.La/c1-3-5-7-9-12(11-17)16-14(18)13(15)10-8-6-4-2;1-3-2;/h12-13H,3-10,15H2,1-2H3,(H,16,18);3H,1-2H3;/q2*-1;. The maximum Gasteiger partial charge on any atom is 0.234 e. The van der Waals surface area contributed by atoms with Gasteiger partial charge in [0.2, 0.25) is 5.91 Å². The Morgan fingerprint density at radius 2 is 1.55 bits per heavy atom. The predicted octanol–water partition coefficient (Wildman–Crippen LogP) is 3.30. The molecule has 1 amide bonds. The van der Waals surface area contributed by atoms with Crippen molar-refractivity contribution in [3.8, 4) is 0 Å². The zero-order valence-corrected chi connectivity index (χ0v) is 18.5. The Morgan fingerprint density at radius 1 is 1.09 bits per heavy atom. The quantitative estimate of drug-likeness (QED) is 0.385. The number of nitrogens with one attached hydrogen (secondary N) is 1. The van der Waals surface area contributed by atoms with Gasteiger partial charge < -0.3 is 22.3 Å². The summed E-state index contributed by atoms with van der Waals surface area (Å²) >= 11 is 0. The number of carbonyl (C=O) groups excluding carboxylic acids is 2. The van der Waals surface area contributed by atoms with Crippen LogP contribution in [0.1, 0.15) is 79.1 Å². The molecule has 0 spiro atoms. The number of carbonyl (C=O) groups is 1. The van der Waals surface area contributed by atoms with Crippen molar-refractivity contribution < 1.29 is 45.2 Å². The van der Waals surface area contributed by atoms with Gasteiger partial charge >= 0.3 is 0 Å². The van der Waals surface area contributed by atoms with Gasteiger partial charge in [0.05, 0.1) is 6.04 Å². The number of rotatable bonds is 11. The molecule has 129 valence electrons. The topological polar surface area (TPSA) is 72.2 Å². The summed E-state index contributed by atoms with van der Waals surface area (Å²) in [5.41, 5.74) is 5.77. The van der Waals surface area contributed by atoms with Crippen LogP contribution in [0.5, 0.6) is 0 Å². The van der Waals surface area contributed by atoms with Gasteiger partial charge in [0.1, 0.15) is 0 Å². The van der Waals surface area contributed by atoms with E-state index in [1.54, 1.807) is 0 Å². The molecule has 0 aliphatic carbocycles. The van der Waals surface area contributed by atoms with Crippen LogP contribution in [0.2, 0.25) is 0 Å². The minimum Gasteiger partial charge on any atom is -0.540 e. The summed E-state index contributed by atoms with van der Waals surface area (Å²) < 4.78 is 0. The largest absolute Gasteiger partial charge is 0.540 e. The van der Waals surface area contributed by atoms with Crippen molar-refractivity contribution in [3.63, 3.8) is 0 Å². The number of unbranched alkanes of at least 4 members (excludes halogenated alkanes) is 4. The molecule has 5 heteroatoms. The SMILES string of the molecule is CCCCCC([C-]=O)NC(=O)C(N)CCCCC.C[CH-]C.[La]. The normalized spacial score (nSPS) is 12.2. The van der Waals surface area contributed by atoms with Crippen LogP contribution >= 0.6 is 0 Å². The molecule has 0 heterocycles. The number of amides is 1.